The second-order valence-electron chi connectivity index (χ2n) is 4.08. The zero-order valence-corrected chi connectivity index (χ0v) is 11.0. The van der Waals surface area contributed by atoms with Gasteiger partial charge in [0.1, 0.15) is 12.3 Å². The molecule has 0 saturated carbocycles. The molecule has 2 amide bonds. The fourth-order valence-electron chi connectivity index (χ4n) is 1.33. The number of anilines is 1. The number of hydrogen-bond donors (Lipinski definition) is 2. The Labute approximate surface area is 111 Å². The van der Waals surface area contributed by atoms with Gasteiger partial charge < -0.3 is 20.7 Å². The van der Waals surface area contributed by atoms with Crippen molar-refractivity contribution < 1.29 is 14.3 Å². The van der Waals surface area contributed by atoms with Crippen molar-refractivity contribution in [3.8, 4) is 0 Å². The van der Waals surface area contributed by atoms with Gasteiger partial charge in [-0.2, -0.15) is 0 Å². The van der Waals surface area contributed by atoms with Crippen LogP contribution >= 0.6 is 0 Å². The van der Waals surface area contributed by atoms with E-state index in [0.29, 0.717) is 18.8 Å². The zero-order chi connectivity index (χ0) is 14.3. The van der Waals surface area contributed by atoms with Crippen LogP contribution in [0.5, 0.6) is 0 Å². The molecule has 0 aromatic carbocycles. The fourth-order valence-corrected chi connectivity index (χ4v) is 1.33. The van der Waals surface area contributed by atoms with E-state index in [1.165, 1.54) is 4.90 Å². The Morgan fingerprint density at radius 2 is 2.21 bits per heavy atom. The molecule has 19 heavy (non-hydrogen) atoms. The molecule has 1 aromatic heterocycles. The summed E-state index contributed by atoms with van der Waals surface area (Å²) < 4.78 is 5.00. The van der Waals surface area contributed by atoms with Crippen LogP contribution in [-0.2, 0) is 9.53 Å². The number of nitrogens with one attached hydrogen (secondary N) is 1. The maximum Gasteiger partial charge on any atom is 0.272 e. The Bertz CT molecular complexity index is 448. The molecule has 1 rings (SSSR count). The molecule has 0 spiro atoms. The van der Waals surface area contributed by atoms with E-state index in [4.69, 9.17) is 10.5 Å². The van der Waals surface area contributed by atoms with Gasteiger partial charge in [-0.25, -0.2) is 0 Å². The minimum Gasteiger partial charge on any atom is -0.383 e. The molecule has 0 unspecified atom stereocenters. The van der Waals surface area contributed by atoms with Gasteiger partial charge in [0.15, 0.2) is 0 Å². The minimum absolute atomic E-state index is 0.0949. The largest absolute Gasteiger partial charge is 0.383 e. The lowest BCUT2D eigenvalue weighted by Crippen LogP contribution is -2.23. The van der Waals surface area contributed by atoms with Crippen LogP contribution in [0.4, 0.5) is 5.69 Å². The summed E-state index contributed by atoms with van der Waals surface area (Å²) in [5.41, 5.74) is 6.07. The maximum atomic E-state index is 11.7. The summed E-state index contributed by atoms with van der Waals surface area (Å²) in [6.07, 6.45) is 1.56. The van der Waals surface area contributed by atoms with Crippen LogP contribution in [0.25, 0.3) is 0 Å². The molecule has 7 nitrogen and oxygen atoms in total. The number of primary amides is 1. The van der Waals surface area contributed by atoms with Crippen LogP contribution in [0.1, 0.15) is 10.5 Å². The number of nitrogens with two attached hydrogens (primary N) is 1. The third kappa shape index (κ3) is 5.35. The number of nitrogens with zero attached hydrogens (tertiary/aromatic N) is 2. The normalized spacial score (nSPS) is 10.0. The monoisotopic (exact) mass is 266 g/mol. The number of carbonyl (C=O) groups excluding carboxylic acids is 2. The van der Waals surface area contributed by atoms with Crippen molar-refractivity contribution in [3.05, 3.63) is 24.0 Å². The lowest BCUT2D eigenvalue weighted by molar-refractivity contribution is -0.122. The number of pyridine rings is 1. The summed E-state index contributed by atoms with van der Waals surface area (Å²) >= 11 is 0. The number of hydrogen-bond acceptors (Lipinski definition) is 5. The van der Waals surface area contributed by atoms with Gasteiger partial charge in [0, 0.05) is 32.5 Å². The van der Waals surface area contributed by atoms with E-state index in [2.05, 4.69) is 10.3 Å². The van der Waals surface area contributed by atoms with Gasteiger partial charge in [-0.15, -0.1) is 0 Å². The van der Waals surface area contributed by atoms with E-state index >= 15 is 0 Å². The molecule has 0 aliphatic rings. The molecule has 0 atom stereocenters. The van der Waals surface area contributed by atoms with Crippen LogP contribution < -0.4 is 11.1 Å². The van der Waals surface area contributed by atoms with Crippen molar-refractivity contribution in [2.75, 3.05) is 39.2 Å². The second kappa shape index (κ2) is 7.32. The third-order valence-corrected chi connectivity index (χ3v) is 2.21. The molecular weight excluding hydrogens is 248 g/mol. The molecule has 104 valence electrons. The molecule has 7 heteroatoms. The first kappa shape index (κ1) is 14.9. The Kier molecular flexibility index (Phi) is 5.74. The van der Waals surface area contributed by atoms with Crippen LogP contribution in [0.3, 0.4) is 0 Å². The Balaban J connectivity index is 2.44. The molecule has 0 radical (unpaired) electrons. The minimum atomic E-state index is -0.497. The Hall–Kier alpha value is -2.15. The molecule has 0 aliphatic carbocycles. The first-order valence-electron chi connectivity index (χ1n) is 5.78. The average Bonchev–Trinajstić information content (AvgIpc) is 2.37. The highest BCUT2D eigenvalue weighted by atomic mass is 16.5. The van der Waals surface area contributed by atoms with E-state index in [0.717, 1.165) is 5.69 Å². The maximum absolute atomic E-state index is 11.7. The van der Waals surface area contributed by atoms with Gasteiger partial charge in [0.25, 0.3) is 5.91 Å². The Morgan fingerprint density at radius 3 is 2.84 bits per heavy atom. The van der Waals surface area contributed by atoms with E-state index in [-0.39, 0.29) is 12.5 Å². The predicted octanol–water partition coefficient (Wildman–Crippen LogP) is -0.303. The second-order valence-corrected chi connectivity index (χ2v) is 4.08. The van der Waals surface area contributed by atoms with Crippen LogP contribution in [0.2, 0.25) is 0 Å². The molecule has 0 aliphatic heterocycles. The summed E-state index contributed by atoms with van der Waals surface area (Å²) in [4.78, 5) is 27.6. The van der Waals surface area contributed by atoms with Crippen molar-refractivity contribution in [2.45, 2.75) is 0 Å². The van der Waals surface area contributed by atoms with Gasteiger partial charge in [-0.05, 0) is 12.1 Å². The number of amides is 2. The van der Waals surface area contributed by atoms with E-state index in [9.17, 15) is 9.59 Å². The smallest absolute Gasteiger partial charge is 0.272 e. The summed E-state index contributed by atoms with van der Waals surface area (Å²) in [5, 5.41) is 3.06. The first-order chi connectivity index (χ1) is 9.00. The lowest BCUT2D eigenvalue weighted by Gasteiger charge is -2.11. The molecule has 0 saturated heterocycles. The summed E-state index contributed by atoms with van der Waals surface area (Å²) in [5.74, 6) is -0.656. The van der Waals surface area contributed by atoms with E-state index in [1.807, 2.05) is 0 Å². The van der Waals surface area contributed by atoms with Gasteiger partial charge in [-0.1, -0.05) is 0 Å². The third-order valence-electron chi connectivity index (χ3n) is 2.21. The topological polar surface area (TPSA) is 97.5 Å². The van der Waals surface area contributed by atoms with Crippen LogP contribution in [0.15, 0.2) is 18.3 Å². The van der Waals surface area contributed by atoms with Crippen molar-refractivity contribution in [2.24, 2.45) is 5.73 Å². The average molecular weight is 266 g/mol. The van der Waals surface area contributed by atoms with Crippen molar-refractivity contribution in [1.29, 1.82) is 0 Å². The van der Waals surface area contributed by atoms with Crippen LogP contribution in [0, 0.1) is 0 Å². The summed E-state index contributed by atoms with van der Waals surface area (Å²) in [6, 6.07) is 3.41. The first-order valence-corrected chi connectivity index (χ1v) is 5.78. The molecule has 0 fully saturated rings. The van der Waals surface area contributed by atoms with Crippen molar-refractivity contribution >= 4 is 17.5 Å². The molecule has 0 bridgehead atoms. The zero-order valence-electron chi connectivity index (χ0n) is 11.0. The van der Waals surface area contributed by atoms with Gasteiger partial charge in [0.2, 0.25) is 5.91 Å². The summed E-state index contributed by atoms with van der Waals surface area (Å²) in [7, 11) is 3.34. The molecular formula is C12H18N4O3. The van der Waals surface area contributed by atoms with E-state index < -0.39 is 5.91 Å². The van der Waals surface area contributed by atoms with Gasteiger partial charge in [-0.3, -0.25) is 14.6 Å². The highest BCUT2D eigenvalue weighted by Crippen LogP contribution is 2.08. The highest BCUT2D eigenvalue weighted by molar-refractivity contribution is 5.92. The predicted molar refractivity (Wildman–Crippen MR) is 70.8 cm³/mol. The SMILES string of the molecule is CN(C)C(=O)c1cc(NCCOCC(N)=O)ccn1. The standard InChI is InChI=1S/C12H18N4O3/c1-16(2)12(18)10-7-9(3-4-15-10)14-5-6-19-8-11(13)17/h3-4,7H,5-6,8H2,1-2H3,(H2,13,17)(H,14,15). The van der Waals surface area contributed by atoms with Crippen molar-refractivity contribution in [1.82, 2.24) is 9.88 Å². The van der Waals surface area contributed by atoms with Crippen LogP contribution in [-0.4, -0.2) is 55.6 Å². The number of ether oxygens (including phenoxy) is 1. The Morgan fingerprint density at radius 1 is 1.47 bits per heavy atom. The number of aromatic nitrogens is 1. The number of rotatable bonds is 7. The quantitative estimate of drug-likeness (QED) is 0.660. The highest BCUT2D eigenvalue weighted by Gasteiger charge is 2.09. The van der Waals surface area contributed by atoms with E-state index in [1.54, 1.807) is 32.4 Å². The lowest BCUT2D eigenvalue weighted by atomic mass is 10.3. The molecule has 3 N–H and O–H groups in total. The summed E-state index contributed by atoms with van der Waals surface area (Å²) in [6.45, 7) is 0.761. The number of carbonyl (C=O) groups is 2. The van der Waals surface area contributed by atoms with Gasteiger partial charge in [0.05, 0.1) is 6.61 Å². The molecule has 1 aromatic rings. The fraction of sp³-hybridized carbons (Fsp3) is 0.417. The van der Waals surface area contributed by atoms with Crippen molar-refractivity contribution in [3.63, 3.8) is 0 Å². The van der Waals surface area contributed by atoms with Gasteiger partial charge >= 0.3 is 0 Å². The molecule has 1 heterocycles.